The molecule has 2 heterocycles. The Kier molecular flexibility index (Phi) is 3.85. The van der Waals surface area contributed by atoms with Gasteiger partial charge in [-0.2, -0.15) is 0 Å². The Morgan fingerprint density at radius 1 is 1.50 bits per heavy atom. The van der Waals surface area contributed by atoms with E-state index in [-0.39, 0.29) is 5.54 Å². The number of rotatable bonds is 4. The number of nitrogens with zero attached hydrogens (tertiary/aromatic N) is 1. The van der Waals surface area contributed by atoms with Crippen LogP contribution in [0, 0.1) is 5.92 Å². The zero-order chi connectivity index (χ0) is 11.6. The van der Waals surface area contributed by atoms with Gasteiger partial charge in [0.1, 0.15) is 0 Å². The van der Waals surface area contributed by atoms with Crippen LogP contribution in [-0.2, 0) is 9.47 Å². The zero-order valence-electron chi connectivity index (χ0n) is 10.4. The van der Waals surface area contributed by atoms with Crippen LogP contribution >= 0.6 is 0 Å². The number of ether oxygens (including phenoxy) is 2. The van der Waals surface area contributed by atoms with Crippen molar-refractivity contribution < 1.29 is 9.47 Å². The number of methoxy groups -OCH3 is 1. The summed E-state index contributed by atoms with van der Waals surface area (Å²) in [6, 6.07) is 0. The summed E-state index contributed by atoms with van der Waals surface area (Å²) < 4.78 is 10.9. The third-order valence-corrected chi connectivity index (χ3v) is 4.42. The van der Waals surface area contributed by atoms with Gasteiger partial charge in [-0.1, -0.05) is 0 Å². The highest BCUT2D eigenvalue weighted by Crippen LogP contribution is 2.33. The fourth-order valence-electron chi connectivity index (χ4n) is 2.96. The molecular weight excluding hydrogens is 204 g/mol. The van der Waals surface area contributed by atoms with Crippen LogP contribution in [0.2, 0.25) is 0 Å². The summed E-state index contributed by atoms with van der Waals surface area (Å²) in [7, 11) is 1.80. The number of hydrogen-bond donors (Lipinski definition) is 1. The first-order valence-electron chi connectivity index (χ1n) is 6.26. The fourth-order valence-corrected chi connectivity index (χ4v) is 2.96. The van der Waals surface area contributed by atoms with Crippen LogP contribution in [0.25, 0.3) is 0 Å². The van der Waals surface area contributed by atoms with Gasteiger partial charge in [-0.25, -0.2) is 0 Å². The van der Waals surface area contributed by atoms with Crippen molar-refractivity contribution in [3.63, 3.8) is 0 Å². The van der Waals surface area contributed by atoms with Gasteiger partial charge in [-0.15, -0.1) is 0 Å². The van der Waals surface area contributed by atoms with Gasteiger partial charge in [0.15, 0.2) is 0 Å². The van der Waals surface area contributed by atoms with E-state index in [4.69, 9.17) is 15.2 Å². The number of nitrogens with two attached hydrogens (primary N) is 1. The fraction of sp³-hybridized carbons (Fsp3) is 1.00. The molecule has 0 aromatic rings. The van der Waals surface area contributed by atoms with E-state index in [1.807, 2.05) is 0 Å². The summed E-state index contributed by atoms with van der Waals surface area (Å²) in [6.07, 6.45) is 2.65. The lowest BCUT2D eigenvalue weighted by Crippen LogP contribution is -2.56. The first kappa shape index (κ1) is 12.3. The van der Waals surface area contributed by atoms with E-state index in [1.165, 1.54) is 0 Å². The molecule has 0 bridgehead atoms. The third kappa shape index (κ3) is 2.12. The van der Waals surface area contributed by atoms with E-state index in [2.05, 4.69) is 11.8 Å². The molecule has 0 aromatic carbocycles. The molecule has 4 nitrogen and oxygen atoms in total. The van der Waals surface area contributed by atoms with Crippen LogP contribution in [0.3, 0.4) is 0 Å². The second-order valence-corrected chi connectivity index (χ2v) is 5.21. The van der Waals surface area contributed by atoms with Crippen molar-refractivity contribution in [2.75, 3.05) is 40.0 Å². The van der Waals surface area contributed by atoms with Crippen molar-refractivity contribution in [3.05, 3.63) is 0 Å². The van der Waals surface area contributed by atoms with Crippen molar-refractivity contribution >= 4 is 0 Å². The van der Waals surface area contributed by atoms with Gasteiger partial charge in [-0.05, 0) is 19.8 Å². The topological polar surface area (TPSA) is 47.7 Å². The number of likely N-dealkylation sites (tertiary alicyclic amines) is 1. The highest BCUT2D eigenvalue weighted by atomic mass is 16.5. The summed E-state index contributed by atoms with van der Waals surface area (Å²) >= 11 is 0. The van der Waals surface area contributed by atoms with Gasteiger partial charge in [-0.3, -0.25) is 4.90 Å². The first-order chi connectivity index (χ1) is 7.70. The molecule has 2 aliphatic rings. The zero-order valence-corrected chi connectivity index (χ0v) is 10.4. The SMILES string of the molecule is COC1CCN(C(C)(CN)C2CCOC2)C1. The van der Waals surface area contributed by atoms with Crippen molar-refractivity contribution in [2.24, 2.45) is 11.7 Å². The lowest BCUT2D eigenvalue weighted by molar-refractivity contribution is 0.0428. The van der Waals surface area contributed by atoms with E-state index in [0.717, 1.165) is 39.1 Å². The Hall–Kier alpha value is -0.160. The molecule has 2 aliphatic heterocycles. The van der Waals surface area contributed by atoms with Gasteiger partial charge in [0.05, 0.1) is 12.7 Å². The summed E-state index contributed by atoms with van der Waals surface area (Å²) in [5.74, 6) is 0.577. The van der Waals surface area contributed by atoms with Gasteiger partial charge in [0.2, 0.25) is 0 Å². The average molecular weight is 228 g/mol. The first-order valence-corrected chi connectivity index (χ1v) is 6.26. The monoisotopic (exact) mass is 228 g/mol. The molecular formula is C12H24N2O2. The van der Waals surface area contributed by atoms with E-state index < -0.39 is 0 Å². The largest absolute Gasteiger partial charge is 0.381 e. The molecule has 0 amide bonds. The van der Waals surface area contributed by atoms with E-state index >= 15 is 0 Å². The Labute approximate surface area is 98.1 Å². The summed E-state index contributed by atoms with van der Waals surface area (Å²) in [4.78, 5) is 2.50. The Morgan fingerprint density at radius 3 is 2.81 bits per heavy atom. The molecule has 0 aromatic heterocycles. The molecule has 2 saturated heterocycles. The lowest BCUT2D eigenvalue weighted by atomic mass is 9.83. The molecule has 0 spiro atoms. The van der Waals surface area contributed by atoms with Crippen molar-refractivity contribution in [3.8, 4) is 0 Å². The molecule has 94 valence electrons. The Bertz CT molecular complexity index is 231. The molecule has 16 heavy (non-hydrogen) atoms. The average Bonchev–Trinajstić information content (AvgIpc) is 2.98. The van der Waals surface area contributed by atoms with E-state index in [9.17, 15) is 0 Å². The van der Waals surface area contributed by atoms with E-state index in [1.54, 1.807) is 7.11 Å². The maximum Gasteiger partial charge on any atom is 0.0710 e. The summed E-state index contributed by atoms with van der Waals surface area (Å²) in [5.41, 5.74) is 6.10. The van der Waals surface area contributed by atoms with Crippen LogP contribution in [0.4, 0.5) is 0 Å². The molecule has 3 unspecified atom stereocenters. The third-order valence-electron chi connectivity index (χ3n) is 4.42. The van der Waals surface area contributed by atoms with Crippen molar-refractivity contribution in [2.45, 2.75) is 31.4 Å². The maximum atomic E-state index is 6.02. The normalized spacial score (nSPS) is 35.4. The van der Waals surface area contributed by atoms with Gasteiger partial charge in [0, 0.05) is 44.8 Å². The minimum atomic E-state index is 0.0871. The quantitative estimate of drug-likeness (QED) is 0.759. The predicted octanol–water partition coefficient (Wildman–Crippen LogP) is 0.461. The minimum absolute atomic E-state index is 0.0871. The smallest absolute Gasteiger partial charge is 0.0710 e. The second kappa shape index (κ2) is 5.00. The maximum absolute atomic E-state index is 6.02. The molecule has 2 rings (SSSR count). The van der Waals surface area contributed by atoms with Crippen LogP contribution in [0.1, 0.15) is 19.8 Å². The van der Waals surface area contributed by atoms with Gasteiger partial charge < -0.3 is 15.2 Å². The minimum Gasteiger partial charge on any atom is -0.381 e. The van der Waals surface area contributed by atoms with Crippen LogP contribution in [0.15, 0.2) is 0 Å². The highest BCUT2D eigenvalue weighted by molar-refractivity contribution is 4.98. The van der Waals surface area contributed by atoms with Crippen LogP contribution < -0.4 is 5.73 Å². The van der Waals surface area contributed by atoms with Crippen LogP contribution in [-0.4, -0.2) is 56.5 Å². The van der Waals surface area contributed by atoms with Crippen LogP contribution in [0.5, 0.6) is 0 Å². The molecule has 0 radical (unpaired) electrons. The lowest BCUT2D eigenvalue weighted by Gasteiger charge is -2.42. The van der Waals surface area contributed by atoms with Gasteiger partial charge in [0.25, 0.3) is 0 Å². The van der Waals surface area contributed by atoms with E-state index in [0.29, 0.717) is 18.6 Å². The predicted molar refractivity (Wildman–Crippen MR) is 63.4 cm³/mol. The van der Waals surface area contributed by atoms with Crippen molar-refractivity contribution in [1.29, 1.82) is 0 Å². The molecule has 3 atom stereocenters. The standard InChI is InChI=1S/C12H24N2O2/c1-12(9-13,10-4-6-16-8-10)14-5-3-11(7-14)15-2/h10-11H,3-9,13H2,1-2H3. The summed E-state index contributed by atoms with van der Waals surface area (Å²) in [5, 5.41) is 0. The Morgan fingerprint density at radius 2 is 2.31 bits per heavy atom. The van der Waals surface area contributed by atoms with Gasteiger partial charge >= 0.3 is 0 Å². The molecule has 2 N–H and O–H groups in total. The summed E-state index contributed by atoms with van der Waals surface area (Å²) in [6.45, 7) is 6.86. The molecule has 2 fully saturated rings. The highest BCUT2D eigenvalue weighted by Gasteiger charge is 2.43. The molecule has 0 aliphatic carbocycles. The molecule has 0 saturated carbocycles. The molecule has 4 heteroatoms. The number of hydrogen-bond acceptors (Lipinski definition) is 4. The van der Waals surface area contributed by atoms with Crippen molar-refractivity contribution in [1.82, 2.24) is 4.90 Å². The second-order valence-electron chi connectivity index (χ2n) is 5.21. The Balaban J connectivity index is 2.03.